The zero-order valence-corrected chi connectivity index (χ0v) is 11.5. The predicted molar refractivity (Wildman–Crippen MR) is 77.1 cm³/mol. The number of nitrogens with zero attached hydrogens (tertiary/aromatic N) is 2. The van der Waals surface area contributed by atoms with Crippen LogP contribution in [0.5, 0.6) is 0 Å². The molecule has 0 bridgehead atoms. The molecule has 1 atom stereocenters. The smallest absolute Gasteiger partial charge is 0.0951 e. The van der Waals surface area contributed by atoms with E-state index in [4.69, 9.17) is 0 Å². The van der Waals surface area contributed by atoms with E-state index in [0.717, 1.165) is 13.1 Å². The van der Waals surface area contributed by atoms with E-state index in [1.54, 1.807) is 0 Å². The predicted octanol–water partition coefficient (Wildman–Crippen LogP) is 3.05. The van der Waals surface area contributed by atoms with Crippen LogP contribution >= 0.6 is 0 Å². The highest BCUT2D eigenvalue weighted by Crippen LogP contribution is 2.23. The number of piperidine rings is 1. The summed E-state index contributed by atoms with van der Waals surface area (Å²) in [4.78, 5) is 4.34. The summed E-state index contributed by atoms with van der Waals surface area (Å²) < 4.78 is 2.28. The van der Waals surface area contributed by atoms with Gasteiger partial charge in [0.15, 0.2) is 0 Å². The SMILES string of the molecule is Cc1cccc(Cn2cncc2C2CCCCN2)c1. The highest BCUT2D eigenvalue weighted by molar-refractivity contribution is 5.23. The normalized spacial score (nSPS) is 19.5. The molecule has 1 fully saturated rings. The summed E-state index contributed by atoms with van der Waals surface area (Å²) in [6.45, 7) is 4.18. The van der Waals surface area contributed by atoms with Gasteiger partial charge in [0.1, 0.15) is 0 Å². The fourth-order valence-electron chi connectivity index (χ4n) is 2.86. The van der Waals surface area contributed by atoms with Gasteiger partial charge in [-0.3, -0.25) is 0 Å². The Balaban J connectivity index is 1.80. The van der Waals surface area contributed by atoms with Crippen LogP contribution in [0.15, 0.2) is 36.8 Å². The van der Waals surface area contributed by atoms with E-state index in [-0.39, 0.29) is 0 Å². The minimum Gasteiger partial charge on any atom is -0.329 e. The summed E-state index contributed by atoms with van der Waals surface area (Å²) in [5.74, 6) is 0. The van der Waals surface area contributed by atoms with Crippen molar-refractivity contribution in [1.29, 1.82) is 0 Å². The molecule has 0 amide bonds. The van der Waals surface area contributed by atoms with E-state index in [2.05, 4.69) is 46.1 Å². The second kappa shape index (κ2) is 5.57. The van der Waals surface area contributed by atoms with E-state index < -0.39 is 0 Å². The van der Waals surface area contributed by atoms with Crippen molar-refractivity contribution in [3.8, 4) is 0 Å². The number of aryl methyl sites for hydroxylation is 1. The Labute approximate surface area is 114 Å². The van der Waals surface area contributed by atoms with Crippen molar-refractivity contribution < 1.29 is 0 Å². The first-order chi connectivity index (χ1) is 9.33. The van der Waals surface area contributed by atoms with Gasteiger partial charge in [0.05, 0.1) is 12.0 Å². The monoisotopic (exact) mass is 255 g/mol. The standard InChI is InChI=1S/C16H21N3/c1-13-5-4-6-14(9-13)11-19-12-17-10-16(19)15-7-2-3-8-18-15/h4-6,9-10,12,15,18H,2-3,7-8,11H2,1H3. The van der Waals surface area contributed by atoms with Gasteiger partial charge in [-0.05, 0) is 31.9 Å². The molecule has 1 saturated heterocycles. The second-order valence-corrected chi connectivity index (χ2v) is 5.44. The molecule has 1 aromatic carbocycles. The van der Waals surface area contributed by atoms with E-state index in [0.29, 0.717) is 6.04 Å². The van der Waals surface area contributed by atoms with E-state index in [1.807, 2.05) is 12.5 Å². The lowest BCUT2D eigenvalue weighted by Gasteiger charge is -2.24. The number of benzene rings is 1. The number of hydrogen-bond acceptors (Lipinski definition) is 2. The van der Waals surface area contributed by atoms with Crippen molar-refractivity contribution in [3.05, 3.63) is 53.6 Å². The largest absolute Gasteiger partial charge is 0.329 e. The van der Waals surface area contributed by atoms with Crippen LogP contribution in [-0.2, 0) is 6.54 Å². The maximum absolute atomic E-state index is 4.34. The second-order valence-electron chi connectivity index (χ2n) is 5.44. The van der Waals surface area contributed by atoms with Crippen molar-refractivity contribution in [3.63, 3.8) is 0 Å². The maximum atomic E-state index is 4.34. The zero-order chi connectivity index (χ0) is 13.1. The minimum absolute atomic E-state index is 0.473. The van der Waals surface area contributed by atoms with Gasteiger partial charge in [-0.25, -0.2) is 4.98 Å². The number of hydrogen-bond donors (Lipinski definition) is 1. The Hall–Kier alpha value is -1.61. The van der Waals surface area contributed by atoms with Crippen LogP contribution in [0.4, 0.5) is 0 Å². The fraction of sp³-hybridized carbons (Fsp3) is 0.438. The van der Waals surface area contributed by atoms with Crippen LogP contribution in [-0.4, -0.2) is 16.1 Å². The third-order valence-electron chi connectivity index (χ3n) is 3.85. The Morgan fingerprint density at radius 3 is 3.11 bits per heavy atom. The molecule has 3 nitrogen and oxygen atoms in total. The third-order valence-corrected chi connectivity index (χ3v) is 3.85. The molecule has 3 rings (SSSR count). The molecule has 0 spiro atoms. The van der Waals surface area contributed by atoms with E-state index >= 15 is 0 Å². The van der Waals surface area contributed by atoms with Crippen LogP contribution in [0.3, 0.4) is 0 Å². The van der Waals surface area contributed by atoms with Gasteiger partial charge in [0, 0.05) is 18.8 Å². The molecular weight excluding hydrogens is 234 g/mol. The van der Waals surface area contributed by atoms with Crippen molar-refractivity contribution >= 4 is 0 Å². The third kappa shape index (κ3) is 2.87. The molecule has 2 aromatic rings. The first-order valence-electron chi connectivity index (χ1n) is 7.12. The highest BCUT2D eigenvalue weighted by Gasteiger charge is 2.18. The molecule has 0 aliphatic carbocycles. The van der Waals surface area contributed by atoms with Crippen LogP contribution < -0.4 is 5.32 Å². The lowest BCUT2D eigenvalue weighted by molar-refractivity contribution is 0.396. The van der Waals surface area contributed by atoms with Gasteiger partial charge in [0.2, 0.25) is 0 Å². The number of aromatic nitrogens is 2. The maximum Gasteiger partial charge on any atom is 0.0951 e. The molecule has 100 valence electrons. The molecule has 19 heavy (non-hydrogen) atoms. The van der Waals surface area contributed by atoms with Crippen LogP contribution in [0.25, 0.3) is 0 Å². The Morgan fingerprint density at radius 2 is 2.32 bits per heavy atom. The molecule has 0 saturated carbocycles. The molecule has 0 radical (unpaired) electrons. The van der Waals surface area contributed by atoms with Gasteiger partial charge in [-0.15, -0.1) is 0 Å². The van der Waals surface area contributed by atoms with Crippen LogP contribution in [0, 0.1) is 6.92 Å². The molecule has 1 unspecified atom stereocenters. The Kier molecular flexibility index (Phi) is 3.65. The summed E-state index contributed by atoms with van der Waals surface area (Å²) >= 11 is 0. The molecule has 1 aliphatic rings. The summed E-state index contributed by atoms with van der Waals surface area (Å²) in [5, 5.41) is 3.60. The lowest BCUT2D eigenvalue weighted by Crippen LogP contribution is -2.28. The van der Waals surface area contributed by atoms with E-state index in [9.17, 15) is 0 Å². The molecular formula is C16H21N3. The molecule has 3 heteroatoms. The molecule has 1 N–H and O–H groups in total. The van der Waals surface area contributed by atoms with Crippen molar-refractivity contribution in [2.75, 3.05) is 6.54 Å². The zero-order valence-electron chi connectivity index (χ0n) is 11.5. The first-order valence-corrected chi connectivity index (χ1v) is 7.12. The van der Waals surface area contributed by atoms with Gasteiger partial charge >= 0.3 is 0 Å². The van der Waals surface area contributed by atoms with Gasteiger partial charge in [-0.2, -0.15) is 0 Å². The number of imidazole rings is 1. The first kappa shape index (κ1) is 12.4. The number of nitrogens with one attached hydrogen (secondary N) is 1. The molecule has 2 heterocycles. The van der Waals surface area contributed by atoms with Gasteiger partial charge in [0.25, 0.3) is 0 Å². The summed E-state index contributed by atoms with van der Waals surface area (Å²) in [7, 11) is 0. The number of rotatable bonds is 3. The van der Waals surface area contributed by atoms with Crippen molar-refractivity contribution in [2.24, 2.45) is 0 Å². The molecule has 1 aliphatic heterocycles. The van der Waals surface area contributed by atoms with Crippen molar-refractivity contribution in [1.82, 2.24) is 14.9 Å². The molecule has 1 aromatic heterocycles. The lowest BCUT2D eigenvalue weighted by atomic mass is 10.0. The van der Waals surface area contributed by atoms with Crippen molar-refractivity contribution in [2.45, 2.75) is 38.8 Å². The topological polar surface area (TPSA) is 29.9 Å². The van der Waals surface area contributed by atoms with Crippen LogP contribution in [0.2, 0.25) is 0 Å². The Morgan fingerprint density at radius 1 is 1.37 bits per heavy atom. The van der Waals surface area contributed by atoms with Gasteiger partial charge in [-0.1, -0.05) is 36.2 Å². The summed E-state index contributed by atoms with van der Waals surface area (Å²) in [6, 6.07) is 9.17. The van der Waals surface area contributed by atoms with E-state index in [1.165, 1.54) is 36.1 Å². The average molecular weight is 255 g/mol. The quantitative estimate of drug-likeness (QED) is 0.913. The summed E-state index contributed by atoms with van der Waals surface area (Å²) in [5.41, 5.74) is 3.98. The minimum atomic E-state index is 0.473. The average Bonchev–Trinajstić information content (AvgIpc) is 2.88. The fourth-order valence-corrected chi connectivity index (χ4v) is 2.86. The Bertz CT molecular complexity index is 538. The highest BCUT2D eigenvalue weighted by atomic mass is 15.1. The van der Waals surface area contributed by atoms with Crippen LogP contribution in [0.1, 0.15) is 42.1 Å². The van der Waals surface area contributed by atoms with Gasteiger partial charge < -0.3 is 9.88 Å². The summed E-state index contributed by atoms with van der Waals surface area (Å²) in [6.07, 6.45) is 7.79.